The van der Waals surface area contributed by atoms with Gasteiger partial charge >= 0.3 is 0 Å². The van der Waals surface area contributed by atoms with E-state index in [4.69, 9.17) is 0 Å². The molecule has 1 unspecified atom stereocenters. The summed E-state index contributed by atoms with van der Waals surface area (Å²) in [6.07, 6.45) is 11.4. The molecule has 1 fully saturated rings. The monoisotopic (exact) mass is 546 g/mol. The number of hydrogen-bond donors (Lipinski definition) is 4. The van der Waals surface area contributed by atoms with Gasteiger partial charge in [0.15, 0.2) is 0 Å². The number of benzene rings is 1. The standard InChI is InChI=1S/C31H42N6O3/c1-36(21-7-3-2-4-8-21)15-6-16-37-31-25-10-5-9-22(25)20(17-26(31)34-35-37)18-32-19-28(39)23-11-13-27(38)30-24(23)12-14-29(40)33-30/h11-14,20-21,28,32,38-39H,2-10,15-19H2,1H3,(H,33,40)/t20?,28-/m0/s1. The van der Waals surface area contributed by atoms with Gasteiger partial charge in [-0.15, -0.1) is 5.10 Å². The molecule has 0 radical (unpaired) electrons. The third-order valence-electron chi connectivity index (χ3n) is 9.36. The fraction of sp³-hybridized carbons (Fsp3) is 0.581. The second-order valence-electron chi connectivity index (χ2n) is 12.0. The number of hydrogen-bond acceptors (Lipinski definition) is 7. The number of fused-ring (bicyclic) bond motifs is 3. The molecule has 3 aromatic rings. The second-order valence-corrected chi connectivity index (χ2v) is 12.0. The summed E-state index contributed by atoms with van der Waals surface area (Å²) in [7, 11) is 2.28. The van der Waals surface area contributed by atoms with Crippen molar-refractivity contribution in [2.24, 2.45) is 5.92 Å². The van der Waals surface area contributed by atoms with Gasteiger partial charge in [0.2, 0.25) is 5.56 Å². The first-order chi connectivity index (χ1) is 19.5. The number of allylic oxidation sites excluding steroid dienone is 1. The van der Waals surface area contributed by atoms with E-state index in [-0.39, 0.29) is 11.3 Å². The molecule has 214 valence electrons. The van der Waals surface area contributed by atoms with Crippen LogP contribution in [0.15, 0.2) is 34.6 Å². The van der Waals surface area contributed by atoms with E-state index in [0.717, 1.165) is 57.1 Å². The van der Waals surface area contributed by atoms with Crippen molar-refractivity contribution in [2.75, 3.05) is 26.7 Å². The predicted octanol–water partition coefficient (Wildman–Crippen LogP) is 3.91. The summed E-state index contributed by atoms with van der Waals surface area (Å²) in [6, 6.07) is 7.06. The maximum Gasteiger partial charge on any atom is 0.248 e. The van der Waals surface area contributed by atoms with Crippen molar-refractivity contribution in [3.8, 4) is 5.75 Å². The lowest BCUT2D eigenvalue weighted by molar-refractivity contribution is 0.174. The number of nitrogens with one attached hydrogen (secondary N) is 2. The van der Waals surface area contributed by atoms with Crippen LogP contribution in [0.1, 0.15) is 80.8 Å². The van der Waals surface area contributed by atoms with Crippen molar-refractivity contribution in [3.05, 3.63) is 57.1 Å². The molecule has 3 aliphatic carbocycles. The fourth-order valence-corrected chi connectivity index (χ4v) is 7.24. The van der Waals surface area contributed by atoms with Gasteiger partial charge in [0.1, 0.15) is 5.75 Å². The number of aromatic amines is 1. The third-order valence-corrected chi connectivity index (χ3v) is 9.36. The van der Waals surface area contributed by atoms with Crippen molar-refractivity contribution in [1.82, 2.24) is 30.2 Å². The van der Waals surface area contributed by atoms with Gasteiger partial charge in [0.05, 0.1) is 23.0 Å². The first kappa shape index (κ1) is 27.2. The molecule has 2 aromatic heterocycles. The maximum absolute atomic E-state index is 11.7. The van der Waals surface area contributed by atoms with Gasteiger partial charge in [-0.05, 0) is 81.3 Å². The molecule has 1 aromatic carbocycles. The number of phenolic OH excluding ortho intramolecular Hbond substituents is 1. The Morgan fingerprint density at radius 3 is 2.85 bits per heavy atom. The van der Waals surface area contributed by atoms with Crippen molar-refractivity contribution >= 4 is 16.5 Å². The first-order valence-electron chi connectivity index (χ1n) is 15.1. The van der Waals surface area contributed by atoms with E-state index in [1.165, 1.54) is 67.5 Å². The summed E-state index contributed by atoms with van der Waals surface area (Å²) in [6.45, 7) is 3.16. The Labute approximate surface area is 235 Å². The van der Waals surface area contributed by atoms with Crippen LogP contribution in [0.2, 0.25) is 0 Å². The zero-order valence-electron chi connectivity index (χ0n) is 23.5. The number of nitrogens with zero attached hydrogens (tertiary/aromatic N) is 4. The Kier molecular flexibility index (Phi) is 8.05. The van der Waals surface area contributed by atoms with E-state index in [0.29, 0.717) is 28.9 Å². The zero-order valence-corrected chi connectivity index (χ0v) is 23.5. The van der Waals surface area contributed by atoms with E-state index in [9.17, 15) is 15.0 Å². The van der Waals surface area contributed by atoms with Crippen LogP contribution in [0.3, 0.4) is 0 Å². The molecule has 9 nitrogen and oxygen atoms in total. The van der Waals surface area contributed by atoms with E-state index >= 15 is 0 Å². The Morgan fingerprint density at radius 2 is 2.00 bits per heavy atom. The molecule has 6 rings (SSSR count). The van der Waals surface area contributed by atoms with E-state index in [1.807, 2.05) is 0 Å². The fourth-order valence-electron chi connectivity index (χ4n) is 7.24. The highest BCUT2D eigenvalue weighted by molar-refractivity contribution is 5.87. The summed E-state index contributed by atoms with van der Waals surface area (Å²) in [5.41, 5.74) is 6.12. The van der Waals surface area contributed by atoms with Gasteiger partial charge < -0.3 is 25.4 Å². The Hall–Kier alpha value is -3.01. The number of H-pyrrole nitrogens is 1. The summed E-state index contributed by atoms with van der Waals surface area (Å²) >= 11 is 0. The van der Waals surface area contributed by atoms with Crippen molar-refractivity contribution in [2.45, 2.75) is 82.9 Å². The number of aliphatic hydroxyl groups excluding tert-OH is 1. The van der Waals surface area contributed by atoms with Crippen molar-refractivity contribution < 1.29 is 10.2 Å². The highest BCUT2D eigenvalue weighted by atomic mass is 16.3. The smallest absolute Gasteiger partial charge is 0.248 e. The number of pyridine rings is 1. The highest BCUT2D eigenvalue weighted by Crippen LogP contribution is 2.43. The van der Waals surface area contributed by atoms with E-state index in [2.05, 4.69) is 37.2 Å². The summed E-state index contributed by atoms with van der Waals surface area (Å²) in [5, 5.41) is 34.5. The Bertz CT molecular complexity index is 1440. The van der Waals surface area contributed by atoms with Crippen LogP contribution in [0.25, 0.3) is 16.5 Å². The minimum atomic E-state index is -0.766. The molecular formula is C31H42N6O3. The van der Waals surface area contributed by atoms with Gasteiger partial charge in [0, 0.05) is 43.5 Å². The van der Waals surface area contributed by atoms with Gasteiger partial charge in [-0.3, -0.25) is 4.79 Å². The number of aryl methyl sites for hydroxylation is 1. The molecule has 0 amide bonds. The number of aliphatic hydroxyl groups is 1. The topological polar surface area (TPSA) is 119 Å². The normalized spacial score (nSPS) is 20.3. The molecule has 2 heterocycles. The molecule has 0 spiro atoms. The number of phenols is 1. The van der Waals surface area contributed by atoms with Gasteiger partial charge in [0.25, 0.3) is 0 Å². The van der Waals surface area contributed by atoms with Gasteiger partial charge in [-0.1, -0.05) is 36.1 Å². The van der Waals surface area contributed by atoms with Crippen LogP contribution in [0.5, 0.6) is 5.75 Å². The van der Waals surface area contributed by atoms with Crippen LogP contribution in [-0.2, 0) is 13.0 Å². The average molecular weight is 547 g/mol. The van der Waals surface area contributed by atoms with Gasteiger partial charge in [-0.25, -0.2) is 4.68 Å². The molecule has 3 aliphatic rings. The Morgan fingerprint density at radius 1 is 1.15 bits per heavy atom. The molecule has 0 bridgehead atoms. The minimum absolute atomic E-state index is 0.000363. The molecule has 40 heavy (non-hydrogen) atoms. The summed E-state index contributed by atoms with van der Waals surface area (Å²) in [5.74, 6) is 0.354. The molecule has 1 saturated carbocycles. The van der Waals surface area contributed by atoms with Crippen LogP contribution in [-0.4, -0.2) is 67.8 Å². The average Bonchev–Trinajstić information content (AvgIpc) is 3.61. The van der Waals surface area contributed by atoms with Crippen LogP contribution >= 0.6 is 0 Å². The minimum Gasteiger partial charge on any atom is -0.506 e. The lowest BCUT2D eigenvalue weighted by Crippen LogP contribution is -2.34. The number of aromatic nitrogens is 4. The molecular weight excluding hydrogens is 504 g/mol. The van der Waals surface area contributed by atoms with Crippen LogP contribution < -0.4 is 10.9 Å². The lowest BCUT2D eigenvalue weighted by atomic mass is 9.84. The largest absolute Gasteiger partial charge is 0.506 e. The maximum atomic E-state index is 11.7. The molecule has 2 atom stereocenters. The number of aromatic hydroxyl groups is 1. The highest BCUT2D eigenvalue weighted by Gasteiger charge is 2.34. The van der Waals surface area contributed by atoms with E-state index < -0.39 is 6.10 Å². The summed E-state index contributed by atoms with van der Waals surface area (Å²) < 4.78 is 2.17. The zero-order chi connectivity index (χ0) is 27.6. The predicted molar refractivity (Wildman–Crippen MR) is 156 cm³/mol. The first-order valence-corrected chi connectivity index (χ1v) is 15.1. The lowest BCUT2D eigenvalue weighted by Gasteiger charge is -2.31. The van der Waals surface area contributed by atoms with Crippen LogP contribution in [0, 0.1) is 5.92 Å². The quantitative estimate of drug-likeness (QED) is 0.304. The van der Waals surface area contributed by atoms with E-state index in [1.54, 1.807) is 12.1 Å². The second kappa shape index (κ2) is 11.8. The van der Waals surface area contributed by atoms with Crippen molar-refractivity contribution in [1.29, 1.82) is 0 Å². The Balaban J connectivity index is 1.08. The number of rotatable bonds is 10. The van der Waals surface area contributed by atoms with Gasteiger partial charge in [-0.2, -0.15) is 0 Å². The van der Waals surface area contributed by atoms with Crippen molar-refractivity contribution in [3.63, 3.8) is 0 Å². The molecule has 4 N–H and O–H groups in total. The molecule has 0 saturated heterocycles. The third kappa shape index (κ3) is 5.47. The van der Waals surface area contributed by atoms with Crippen LogP contribution in [0.4, 0.5) is 0 Å². The SMILES string of the molecule is CN(CCCn1nnc2c1C1=C(CCC1)C(CNC[C@H](O)c1ccc(O)c3[nH]c(=O)ccc13)C2)C1CCCCC1. The molecule has 9 heteroatoms. The molecule has 0 aliphatic heterocycles. The summed E-state index contributed by atoms with van der Waals surface area (Å²) in [4.78, 5) is 16.9.